The van der Waals surface area contributed by atoms with Gasteiger partial charge < -0.3 is 15.5 Å². The first-order valence-electron chi connectivity index (χ1n) is 12.7. The fourth-order valence-electron chi connectivity index (χ4n) is 2.79. The average molecular weight is 502 g/mol. The van der Waals surface area contributed by atoms with Crippen LogP contribution in [0.1, 0.15) is 90.3 Å². The smallest absolute Gasteiger partial charge is 0.326 e. The molecular formula is C31H51NO4. The summed E-state index contributed by atoms with van der Waals surface area (Å²) < 4.78 is 0. The van der Waals surface area contributed by atoms with Gasteiger partial charge in [0.2, 0.25) is 5.91 Å². The first kappa shape index (κ1) is 37.6. The maximum Gasteiger partial charge on any atom is 0.326 e. The van der Waals surface area contributed by atoms with Crippen LogP contribution in [0.2, 0.25) is 0 Å². The molecule has 1 amide bonds. The highest BCUT2D eigenvalue weighted by Gasteiger charge is 2.23. The molecule has 0 fully saturated rings. The predicted octanol–water partition coefficient (Wildman–Crippen LogP) is 7.46. The van der Waals surface area contributed by atoms with Crippen LogP contribution in [0.3, 0.4) is 0 Å². The largest absolute Gasteiger partial charge is 0.480 e. The summed E-state index contributed by atoms with van der Waals surface area (Å²) in [6, 6.07) is 4.73. The van der Waals surface area contributed by atoms with Crippen molar-refractivity contribution in [1.29, 1.82) is 0 Å². The minimum absolute atomic E-state index is 0.221. The molecule has 3 N–H and O–H groups in total. The molecule has 2 atom stereocenters. The van der Waals surface area contributed by atoms with Crippen LogP contribution < -0.4 is 5.32 Å². The van der Waals surface area contributed by atoms with Gasteiger partial charge in [0.1, 0.15) is 6.04 Å². The van der Waals surface area contributed by atoms with Crippen molar-refractivity contribution in [1.82, 2.24) is 5.32 Å². The van der Waals surface area contributed by atoms with E-state index in [9.17, 15) is 14.7 Å². The molecule has 1 aromatic carbocycles. The van der Waals surface area contributed by atoms with E-state index >= 15 is 0 Å². The Bertz CT molecular complexity index is 794. The molecule has 5 heteroatoms. The number of allylic oxidation sites excluding steroid dienone is 3. The summed E-state index contributed by atoms with van der Waals surface area (Å²) in [7, 11) is 1.00. The van der Waals surface area contributed by atoms with E-state index in [0.29, 0.717) is 6.42 Å². The van der Waals surface area contributed by atoms with Crippen molar-refractivity contribution >= 4 is 24.0 Å². The van der Waals surface area contributed by atoms with Gasteiger partial charge in [-0.3, -0.25) is 4.79 Å². The van der Waals surface area contributed by atoms with Gasteiger partial charge in [0.05, 0.1) is 0 Å². The minimum atomic E-state index is -1.05. The van der Waals surface area contributed by atoms with E-state index in [1.807, 2.05) is 37.3 Å². The molecule has 0 heterocycles. The quantitative estimate of drug-likeness (QED) is 0.259. The van der Waals surface area contributed by atoms with E-state index in [2.05, 4.69) is 52.7 Å². The standard InChI is InChI=1S/C20H25NO3.C6H12.C4H10.CH4O/c1-5-8-14(4)19(22)21-18(20(23)24)13-15-10-11-17(9-6-2)16(7-3)12-15;1-4-5-6(2)3;1-3-4-2;1-2/h5-7,9-12,14,18H,1,3,8,13H2,2,4H3,(H,21,22)(H,23,24);2,4-5H2,1,3H3;3-4H2,1-2H3;2H,1H3/b9-6-;;;/t14-,18-;;;/m0.../s1. The molecule has 0 bridgehead atoms. The fourth-order valence-corrected chi connectivity index (χ4v) is 2.79. The van der Waals surface area contributed by atoms with Crippen LogP contribution in [0.25, 0.3) is 12.2 Å². The number of aliphatic hydroxyl groups excluding tert-OH is 1. The zero-order valence-corrected chi connectivity index (χ0v) is 23.8. The van der Waals surface area contributed by atoms with E-state index in [1.54, 1.807) is 19.1 Å². The minimum Gasteiger partial charge on any atom is -0.480 e. The number of carboxylic acid groups (broad SMARTS) is 1. The second kappa shape index (κ2) is 25.2. The molecule has 0 spiro atoms. The summed E-state index contributed by atoms with van der Waals surface area (Å²) >= 11 is 0. The zero-order chi connectivity index (χ0) is 28.5. The first-order chi connectivity index (χ1) is 17.1. The van der Waals surface area contributed by atoms with Crippen LogP contribution in [-0.4, -0.2) is 35.2 Å². The van der Waals surface area contributed by atoms with Crippen LogP contribution >= 0.6 is 0 Å². The number of aliphatic hydroxyl groups is 1. The number of carbonyl (C=O) groups is 2. The third-order valence-electron chi connectivity index (χ3n) is 4.92. The molecule has 1 aromatic rings. The van der Waals surface area contributed by atoms with Crippen molar-refractivity contribution in [3.8, 4) is 0 Å². The third-order valence-corrected chi connectivity index (χ3v) is 4.92. The van der Waals surface area contributed by atoms with Crippen molar-refractivity contribution in [2.24, 2.45) is 5.92 Å². The molecule has 0 unspecified atom stereocenters. The summed E-state index contributed by atoms with van der Waals surface area (Å²) in [5.74, 6) is -1.63. The first-order valence-corrected chi connectivity index (χ1v) is 12.7. The number of unbranched alkanes of at least 4 members (excludes halogenated alkanes) is 1. The van der Waals surface area contributed by atoms with Gasteiger partial charge in [0, 0.05) is 19.4 Å². The van der Waals surface area contributed by atoms with E-state index in [-0.39, 0.29) is 18.2 Å². The van der Waals surface area contributed by atoms with Crippen molar-refractivity contribution in [2.75, 3.05) is 7.11 Å². The van der Waals surface area contributed by atoms with Gasteiger partial charge >= 0.3 is 5.97 Å². The van der Waals surface area contributed by atoms with Gasteiger partial charge in [0.15, 0.2) is 0 Å². The van der Waals surface area contributed by atoms with Crippen molar-refractivity contribution in [3.05, 3.63) is 72.4 Å². The number of hydrogen-bond acceptors (Lipinski definition) is 3. The Morgan fingerprint density at radius 1 is 1.06 bits per heavy atom. The van der Waals surface area contributed by atoms with Crippen LogP contribution in [0, 0.1) is 5.92 Å². The Morgan fingerprint density at radius 3 is 2.00 bits per heavy atom. The lowest BCUT2D eigenvalue weighted by atomic mass is 9.98. The summed E-state index contributed by atoms with van der Waals surface area (Å²) in [5.41, 5.74) is 4.08. The zero-order valence-electron chi connectivity index (χ0n) is 23.8. The van der Waals surface area contributed by atoms with Crippen LogP contribution in [0.15, 0.2) is 55.7 Å². The SMILES string of the molecule is C=C(C)CCC.C=CC[C@H](C)C(=O)N[C@@H](Cc1ccc(/C=C\C)c(C=C)c1)C(=O)O.CCCC.CO. The molecule has 204 valence electrons. The Hall–Kier alpha value is -2.92. The highest BCUT2D eigenvalue weighted by molar-refractivity contribution is 5.85. The predicted molar refractivity (Wildman–Crippen MR) is 157 cm³/mol. The van der Waals surface area contributed by atoms with Crippen molar-refractivity contribution < 1.29 is 19.8 Å². The Kier molecular flexibility index (Phi) is 26.3. The summed E-state index contributed by atoms with van der Waals surface area (Å²) in [4.78, 5) is 23.5. The van der Waals surface area contributed by atoms with E-state index in [1.165, 1.54) is 31.3 Å². The normalized spacial score (nSPS) is 11.2. The maximum atomic E-state index is 12.1. The Balaban J connectivity index is -0.000000756. The van der Waals surface area contributed by atoms with Gasteiger partial charge in [-0.25, -0.2) is 4.79 Å². The molecule has 1 rings (SSSR count). The number of aliphatic carboxylic acids is 1. The van der Waals surface area contributed by atoms with E-state index < -0.39 is 12.0 Å². The summed E-state index contributed by atoms with van der Waals surface area (Å²) in [6.45, 7) is 23.4. The number of rotatable bonds is 12. The van der Waals surface area contributed by atoms with Gasteiger partial charge in [-0.15, -0.1) is 13.2 Å². The second-order valence-corrected chi connectivity index (χ2v) is 8.40. The Morgan fingerprint density at radius 2 is 1.64 bits per heavy atom. The lowest BCUT2D eigenvalue weighted by Gasteiger charge is -2.18. The lowest BCUT2D eigenvalue weighted by Crippen LogP contribution is -2.44. The number of carbonyl (C=O) groups excluding carboxylic acids is 1. The monoisotopic (exact) mass is 501 g/mol. The number of amides is 1. The van der Waals surface area contributed by atoms with Crippen molar-refractivity contribution in [3.63, 3.8) is 0 Å². The van der Waals surface area contributed by atoms with Gasteiger partial charge in [0.25, 0.3) is 0 Å². The van der Waals surface area contributed by atoms with Crippen molar-refractivity contribution in [2.45, 2.75) is 86.1 Å². The van der Waals surface area contributed by atoms with E-state index in [0.717, 1.165) is 23.8 Å². The Labute approximate surface area is 220 Å². The van der Waals surface area contributed by atoms with Gasteiger partial charge in [-0.05, 0) is 43.4 Å². The average Bonchev–Trinajstić information content (AvgIpc) is 2.86. The fraction of sp³-hybridized carbons (Fsp3) is 0.484. The topological polar surface area (TPSA) is 86.6 Å². The number of carboxylic acids is 1. The summed E-state index contributed by atoms with van der Waals surface area (Å²) in [5, 5.41) is 19.0. The molecule has 0 saturated carbocycles. The highest BCUT2D eigenvalue weighted by atomic mass is 16.4. The maximum absolute atomic E-state index is 12.1. The number of nitrogens with one attached hydrogen (secondary N) is 1. The summed E-state index contributed by atoms with van der Waals surface area (Å²) in [6.07, 6.45) is 13.1. The molecule has 5 nitrogen and oxygen atoms in total. The second-order valence-electron chi connectivity index (χ2n) is 8.40. The van der Waals surface area contributed by atoms with Gasteiger partial charge in [-0.2, -0.15) is 0 Å². The molecule has 0 radical (unpaired) electrons. The molecule has 0 aliphatic heterocycles. The third kappa shape index (κ3) is 19.4. The van der Waals surface area contributed by atoms with Crippen LogP contribution in [-0.2, 0) is 16.0 Å². The van der Waals surface area contributed by atoms with Crippen LogP contribution in [0.5, 0.6) is 0 Å². The molecule has 0 aromatic heterocycles. The molecule has 0 aliphatic carbocycles. The molecular weight excluding hydrogens is 450 g/mol. The molecule has 0 saturated heterocycles. The molecule has 36 heavy (non-hydrogen) atoms. The van der Waals surface area contributed by atoms with Crippen LogP contribution in [0.4, 0.5) is 0 Å². The highest BCUT2D eigenvalue weighted by Crippen LogP contribution is 2.17. The lowest BCUT2D eigenvalue weighted by molar-refractivity contribution is -0.142. The number of hydrogen-bond donors (Lipinski definition) is 3. The van der Waals surface area contributed by atoms with E-state index in [4.69, 9.17) is 5.11 Å². The molecule has 0 aliphatic rings. The van der Waals surface area contributed by atoms with Gasteiger partial charge in [-0.1, -0.05) is 102 Å². The number of benzene rings is 1.